The Morgan fingerprint density at radius 3 is 2.61 bits per heavy atom. The molecule has 2 aromatic rings. The highest BCUT2D eigenvalue weighted by molar-refractivity contribution is 7.80. The van der Waals surface area contributed by atoms with Crippen LogP contribution in [0, 0.1) is 13.8 Å². The summed E-state index contributed by atoms with van der Waals surface area (Å²) in [7, 11) is 0. The zero-order valence-electron chi connectivity index (χ0n) is 20.0. The fourth-order valence-corrected chi connectivity index (χ4v) is 6.39. The third-order valence-electron chi connectivity index (χ3n) is 7.74. The van der Waals surface area contributed by atoms with Gasteiger partial charge in [0.25, 0.3) is 0 Å². The first-order valence-electron chi connectivity index (χ1n) is 12.6. The van der Waals surface area contributed by atoms with Gasteiger partial charge in [-0.1, -0.05) is 25.3 Å². The lowest BCUT2D eigenvalue weighted by atomic mass is 9.94. The molecule has 0 radical (unpaired) electrons. The van der Waals surface area contributed by atoms with Gasteiger partial charge in [-0.2, -0.15) is 0 Å². The predicted octanol–water partition coefficient (Wildman–Crippen LogP) is 4.31. The van der Waals surface area contributed by atoms with Crippen molar-refractivity contribution in [2.45, 2.75) is 64.1 Å². The summed E-state index contributed by atoms with van der Waals surface area (Å²) in [4.78, 5) is 9.62. The highest BCUT2D eigenvalue weighted by atomic mass is 32.1. The van der Waals surface area contributed by atoms with E-state index in [1.807, 2.05) is 12.3 Å². The van der Waals surface area contributed by atoms with Crippen LogP contribution in [0.1, 0.15) is 72.9 Å². The molecule has 2 atom stereocenters. The number of pyridine rings is 1. The molecular formula is C26H37N5OS. The van der Waals surface area contributed by atoms with Crippen molar-refractivity contribution in [3.8, 4) is 0 Å². The van der Waals surface area contributed by atoms with Crippen LogP contribution in [0.4, 0.5) is 0 Å². The van der Waals surface area contributed by atoms with Crippen LogP contribution in [-0.2, 0) is 4.74 Å². The topological polar surface area (TPSA) is 45.6 Å². The van der Waals surface area contributed by atoms with Crippen LogP contribution < -0.4 is 5.32 Å². The zero-order chi connectivity index (χ0) is 22.8. The lowest BCUT2D eigenvalue weighted by Crippen LogP contribution is -2.42. The van der Waals surface area contributed by atoms with Gasteiger partial charge in [0.05, 0.1) is 31.0 Å². The third-order valence-corrected chi connectivity index (χ3v) is 8.09. The first-order chi connectivity index (χ1) is 16.1. The van der Waals surface area contributed by atoms with Crippen LogP contribution in [0.5, 0.6) is 0 Å². The van der Waals surface area contributed by atoms with E-state index in [9.17, 15) is 0 Å². The Bertz CT molecular complexity index is 949. The van der Waals surface area contributed by atoms with Gasteiger partial charge in [0, 0.05) is 49.8 Å². The number of nitrogens with zero attached hydrogens (tertiary/aromatic N) is 4. The van der Waals surface area contributed by atoms with Gasteiger partial charge >= 0.3 is 0 Å². The molecule has 0 amide bonds. The summed E-state index contributed by atoms with van der Waals surface area (Å²) in [5.41, 5.74) is 5.22. The van der Waals surface area contributed by atoms with Crippen molar-refractivity contribution < 1.29 is 4.74 Å². The third kappa shape index (κ3) is 4.68. The van der Waals surface area contributed by atoms with Crippen molar-refractivity contribution >= 4 is 17.3 Å². The van der Waals surface area contributed by atoms with Gasteiger partial charge in [-0.3, -0.25) is 9.88 Å². The largest absolute Gasteiger partial charge is 0.379 e. The maximum Gasteiger partial charge on any atom is 0.170 e. The first kappa shape index (κ1) is 22.8. The fourth-order valence-electron chi connectivity index (χ4n) is 6.06. The Hall–Kier alpha value is -1.96. The maximum atomic E-state index is 5.91. The molecular weight excluding hydrogens is 430 g/mol. The quantitative estimate of drug-likeness (QED) is 0.639. The molecule has 1 saturated carbocycles. The van der Waals surface area contributed by atoms with E-state index in [1.54, 1.807) is 0 Å². The molecule has 0 bridgehead atoms. The first-order valence-corrected chi connectivity index (χ1v) is 13.0. The van der Waals surface area contributed by atoms with Gasteiger partial charge in [0.2, 0.25) is 0 Å². The van der Waals surface area contributed by atoms with Gasteiger partial charge in [-0.25, -0.2) is 0 Å². The number of aromatic nitrogens is 2. The predicted molar refractivity (Wildman–Crippen MR) is 135 cm³/mol. The van der Waals surface area contributed by atoms with E-state index in [-0.39, 0.29) is 12.1 Å². The van der Waals surface area contributed by atoms with E-state index in [1.165, 1.54) is 49.1 Å². The average molecular weight is 468 g/mol. The Balaban J connectivity index is 1.47. The molecule has 3 aliphatic rings. The molecule has 5 rings (SSSR count). The highest BCUT2D eigenvalue weighted by Gasteiger charge is 2.41. The van der Waals surface area contributed by atoms with Crippen LogP contribution in [0.2, 0.25) is 0 Å². The van der Waals surface area contributed by atoms with E-state index >= 15 is 0 Å². The molecule has 6 nitrogen and oxygen atoms in total. The number of nitrogens with one attached hydrogen (secondary N) is 1. The molecule has 7 heteroatoms. The molecule has 0 aromatic carbocycles. The van der Waals surface area contributed by atoms with Crippen LogP contribution >= 0.6 is 12.2 Å². The Kier molecular flexibility index (Phi) is 6.99. The second kappa shape index (κ2) is 10.1. The fraction of sp³-hybridized carbons (Fsp3) is 0.615. The number of ether oxygens (including phenoxy) is 1. The summed E-state index contributed by atoms with van der Waals surface area (Å²) >= 11 is 5.91. The lowest BCUT2D eigenvalue weighted by Gasteiger charge is -2.32. The van der Waals surface area contributed by atoms with Gasteiger partial charge in [0.15, 0.2) is 5.11 Å². The summed E-state index contributed by atoms with van der Waals surface area (Å²) in [5, 5.41) is 4.47. The summed E-state index contributed by atoms with van der Waals surface area (Å²) in [6.07, 6.45) is 8.53. The maximum absolute atomic E-state index is 5.91. The summed E-state index contributed by atoms with van der Waals surface area (Å²) < 4.78 is 8.16. The summed E-state index contributed by atoms with van der Waals surface area (Å²) in [6.45, 7) is 10.1. The summed E-state index contributed by atoms with van der Waals surface area (Å²) in [5.74, 6) is 0. The van der Waals surface area contributed by atoms with Crippen molar-refractivity contribution in [2.75, 3.05) is 39.4 Å². The average Bonchev–Trinajstić information content (AvgIpc) is 3.34. The van der Waals surface area contributed by atoms with E-state index in [0.29, 0.717) is 6.04 Å². The number of hydrogen-bond donors (Lipinski definition) is 1. The van der Waals surface area contributed by atoms with Crippen LogP contribution in [-0.4, -0.2) is 63.9 Å². The minimum absolute atomic E-state index is 0.0590. The Morgan fingerprint density at radius 2 is 1.88 bits per heavy atom. The zero-order valence-corrected chi connectivity index (χ0v) is 20.8. The molecule has 33 heavy (non-hydrogen) atoms. The van der Waals surface area contributed by atoms with Crippen molar-refractivity contribution in [3.05, 3.63) is 53.1 Å². The van der Waals surface area contributed by atoms with Crippen molar-refractivity contribution in [1.82, 2.24) is 24.7 Å². The standard InChI is InChI=1S/C26H37N5OS/c1-19-18-22(20(2)31(19)21-8-4-3-5-9-21)25-24(23-10-6-7-11-27-23)28-26(33)30(25)13-12-29-14-16-32-17-15-29/h6-7,10-11,18,21,24-25H,3-5,8-9,12-17H2,1-2H3,(H,28,33)/t24-,25+/m1/s1. The van der Waals surface area contributed by atoms with Crippen LogP contribution in [0.25, 0.3) is 0 Å². The Morgan fingerprint density at radius 1 is 1.09 bits per heavy atom. The molecule has 2 saturated heterocycles. The molecule has 1 N–H and O–H groups in total. The van der Waals surface area contributed by atoms with E-state index in [2.05, 4.69) is 51.7 Å². The van der Waals surface area contributed by atoms with Crippen molar-refractivity contribution in [3.63, 3.8) is 0 Å². The van der Waals surface area contributed by atoms with Gasteiger partial charge in [0.1, 0.15) is 0 Å². The normalized spacial score (nSPS) is 24.9. The SMILES string of the molecule is Cc1cc([C@H]2[C@@H](c3ccccn3)NC(=S)N2CCN2CCOCC2)c(C)n1C1CCCCC1. The number of morpholine rings is 1. The molecule has 3 fully saturated rings. The van der Waals surface area contributed by atoms with E-state index in [4.69, 9.17) is 21.9 Å². The number of thiocarbonyl (C=S) groups is 1. The molecule has 4 heterocycles. The second-order valence-corrected chi connectivity index (χ2v) is 10.1. The van der Waals surface area contributed by atoms with Crippen LogP contribution in [0.15, 0.2) is 30.5 Å². The summed E-state index contributed by atoms with van der Waals surface area (Å²) in [6, 6.07) is 9.44. The number of rotatable bonds is 6. The molecule has 2 aromatic heterocycles. The van der Waals surface area contributed by atoms with Crippen molar-refractivity contribution in [2.24, 2.45) is 0 Å². The highest BCUT2D eigenvalue weighted by Crippen LogP contribution is 2.42. The van der Waals surface area contributed by atoms with E-state index in [0.717, 1.165) is 50.2 Å². The second-order valence-electron chi connectivity index (χ2n) is 9.76. The van der Waals surface area contributed by atoms with Crippen LogP contribution in [0.3, 0.4) is 0 Å². The smallest absolute Gasteiger partial charge is 0.170 e. The van der Waals surface area contributed by atoms with Gasteiger partial charge in [-0.15, -0.1) is 0 Å². The monoisotopic (exact) mass is 467 g/mol. The van der Waals surface area contributed by atoms with E-state index < -0.39 is 0 Å². The van der Waals surface area contributed by atoms with Crippen molar-refractivity contribution in [1.29, 1.82) is 0 Å². The molecule has 2 aliphatic heterocycles. The van der Waals surface area contributed by atoms with Gasteiger partial charge < -0.3 is 19.5 Å². The molecule has 0 spiro atoms. The molecule has 178 valence electrons. The molecule has 1 aliphatic carbocycles. The Labute approximate surface area is 203 Å². The number of hydrogen-bond acceptors (Lipinski definition) is 4. The minimum Gasteiger partial charge on any atom is -0.379 e. The van der Waals surface area contributed by atoms with Gasteiger partial charge in [-0.05, 0) is 62.7 Å². The lowest BCUT2D eigenvalue weighted by molar-refractivity contribution is 0.0350. The minimum atomic E-state index is 0.0590. The number of aryl methyl sites for hydroxylation is 1. The molecule has 0 unspecified atom stereocenters.